The number of hydrogen-bond donors (Lipinski definition) is 0. The second-order valence-corrected chi connectivity index (χ2v) is 8.42. The molecule has 2 aromatic carbocycles. The standard InChI is InChI=1S/C22H19FN2OS2/c1-3-15-5-4-6-18-16(11-19-21(26)24(2)22(27)28-19)13-25(20(15)18)12-14-7-9-17(23)10-8-14/h4-11,13H,3,12H2,1-2H3/b19-11-. The second kappa shape index (κ2) is 7.53. The Morgan fingerprint density at radius 2 is 1.93 bits per heavy atom. The number of carbonyl (C=O) groups is 1. The predicted molar refractivity (Wildman–Crippen MR) is 118 cm³/mol. The van der Waals surface area contributed by atoms with E-state index in [0.717, 1.165) is 28.5 Å². The maximum absolute atomic E-state index is 13.3. The first-order valence-corrected chi connectivity index (χ1v) is 10.3. The van der Waals surface area contributed by atoms with Gasteiger partial charge in [-0.1, -0.05) is 61.2 Å². The molecule has 1 aliphatic heterocycles. The minimum absolute atomic E-state index is 0.0684. The summed E-state index contributed by atoms with van der Waals surface area (Å²) < 4.78 is 16.0. The Bertz CT molecular complexity index is 1120. The molecule has 4 rings (SSSR count). The van der Waals surface area contributed by atoms with Crippen LogP contribution in [0.25, 0.3) is 17.0 Å². The number of halogens is 1. The van der Waals surface area contributed by atoms with E-state index in [0.29, 0.717) is 15.8 Å². The number of rotatable bonds is 4. The summed E-state index contributed by atoms with van der Waals surface area (Å²) in [5, 5.41) is 1.10. The molecule has 0 saturated carbocycles. The normalized spacial score (nSPS) is 16.0. The van der Waals surface area contributed by atoms with E-state index in [1.807, 2.05) is 12.1 Å². The van der Waals surface area contributed by atoms with E-state index in [2.05, 4.69) is 29.8 Å². The molecule has 1 aliphatic rings. The van der Waals surface area contributed by atoms with Crippen molar-refractivity contribution in [3.63, 3.8) is 0 Å². The maximum Gasteiger partial charge on any atom is 0.265 e. The Morgan fingerprint density at radius 1 is 1.18 bits per heavy atom. The summed E-state index contributed by atoms with van der Waals surface area (Å²) in [5.41, 5.74) is 4.40. The van der Waals surface area contributed by atoms with E-state index >= 15 is 0 Å². The number of para-hydroxylation sites is 1. The third-order valence-electron chi connectivity index (χ3n) is 4.93. The van der Waals surface area contributed by atoms with Gasteiger partial charge in [0.15, 0.2) is 0 Å². The fourth-order valence-electron chi connectivity index (χ4n) is 3.46. The van der Waals surface area contributed by atoms with Gasteiger partial charge in [0, 0.05) is 30.7 Å². The molecule has 1 amide bonds. The first kappa shape index (κ1) is 18.9. The van der Waals surface area contributed by atoms with Crippen molar-refractivity contribution in [1.29, 1.82) is 0 Å². The lowest BCUT2D eigenvalue weighted by Gasteiger charge is -2.09. The summed E-state index contributed by atoms with van der Waals surface area (Å²) in [6.45, 7) is 2.77. The highest BCUT2D eigenvalue weighted by atomic mass is 32.2. The summed E-state index contributed by atoms with van der Waals surface area (Å²) in [5.74, 6) is -0.307. The summed E-state index contributed by atoms with van der Waals surface area (Å²) in [4.78, 5) is 14.6. The van der Waals surface area contributed by atoms with Gasteiger partial charge in [0.2, 0.25) is 0 Å². The molecule has 6 heteroatoms. The average molecular weight is 411 g/mol. The van der Waals surface area contributed by atoms with Gasteiger partial charge < -0.3 is 4.57 Å². The molecule has 0 bridgehead atoms. The van der Waals surface area contributed by atoms with Gasteiger partial charge in [0.1, 0.15) is 10.1 Å². The van der Waals surface area contributed by atoms with Crippen LogP contribution in [-0.4, -0.2) is 26.7 Å². The number of amides is 1. The number of likely N-dealkylation sites (N-methyl/N-ethyl adjacent to an activating group) is 1. The number of fused-ring (bicyclic) bond motifs is 1. The number of benzene rings is 2. The van der Waals surface area contributed by atoms with Gasteiger partial charge in [-0.25, -0.2) is 4.39 Å². The first-order chi connectivity index (χ1) is 13.5. The SMILES string of the molecule is CCc1cccc2c(/C=C3\SC(=S)N(C)C3=O)cn(Cc3ccc(F)cc3)c12. The topological polar surface area (TPSA) is 25.2 Å². The third kappa shape index (κ3) is 3.38. The molecule has 0 aliphatic carbocycles. The van der Waals surface area contributed by atoms with Crippen LogP contribution in [0.3, 0.4) is 0 Å². The van der Waals surface area contributed by atoms with E-state index in [1.54, 1.807) is 19.2 Å². The van der Waals surface area contributed by atoms with Crippen LogP contribution in [0, 0.1) is 5.82 Å². The molecule has 142 valence electrons. The largest absolute Gasteiger partial charge is 0.342 e. The van der Waals surface area contributed by atoms with Gasteiger partial charge in [-0.15, -0.1) is 0 Å². The zero-order chi connectivity index (χ0) is 19.8. The van der Waals surface area contributed by atoms with Crippen molar-refractivity contribution in [2.24, 2.45) is 0 Å². The van der Waals surface area contributed by atoms with Gasteiger partial charge in [-0.3, -0.25) is 9.69 Å². The van der Waals surface area contributed by atoms with E-state index < -0.39 is 0 Å². The minimum atomic E-state index is -0.238. The molecular weight excluding hydrogens is 391 g/mol. The monoisotopic (exact) mass is 410 g/mol. The first-order valence-electron chi connectivity index (χ1n) is 9.04. The Morgan fingerprint density at radius 3 is 2.57 bits per heavy atom. The van der Waals surface area contributed by atoms with E-state index in [-0.39, 0.29) is 11.7 Å². The van der Waals surface area contributed by atoms with Crippen LogP contribution in [0.5, 0.6) is 0 Å². The molecule has 0 N–H and O–H groups in total. The third-order valence-corrected chi connectivity index (χ3v) is 6.42. The summed E-state index contributed by atoms with van der Waals surface area (Å²) >= 11 is 6.57. The summed E-state index contributed by atoms with van der Waals surface area (Å²) in [7, 11) is 1.70. The minimum Gasteiger partial charge on any atom is -0.342 e. The lowest BCUT2D eigenvalue weighted by molar-refractivity contribution is -0.121. The molecular formula is C22H19FN2OS2. The van der Waals surface area contributed by atoms with Crippen molar-refractivity contribution >= 4 is 51.2 Å². The molecule has 3 aromatic rings. The molecule has 1 saturated heterocycles. The molecule has 0 spiro atoms. The van der Waals surface area contributed by atoms with Gasteiger partial charge in [-0.2, -0.15) is 0 Å². The fraction of sp³-hybridized carbons (Fsp3) is 0.182. The molecule has 28 heavy (non-hydrogen) atoms. The number of aromatic nitrogens is 1. The van der Waals surface area contributed by atoms with Crippen LogP contribution in [-0.2, 0) is 17.8 Å². The Hall–Kier alpha value is -2.44. The van der Waals surface area contributed by atoms with Crippen LogP contribution in [0.4, 0.5) is 4.39 Å². The molecule has 0 atom stereocenters. The van der Waals surface area contributed by atoms with E-state index in [1.165, 1.54) is 34.4 Å². The number of carbonyl (C=O) groups excluding carboxylic acids is 1. The highest BCUT2D eigenvalue weighted by Crippen LogP contribution is 2.34. The van der Waals surface area contributed by atoms with Crippen LogP contribution in [0.1, 0.15) is 23.6 Å². The second-order valence-electron chi connectivity index (χ2n) is 6.75. The molecule has 0 radical (unpaired) electrons. The molecule has 3 nitrogen and oxygen atoms in total. The van der Waals surface area contributed by atoms with E-state index in [9.17, 15) is 9.18 Å². The van der Waals surface area contributed by atoms with Crippen LogP contribution < -0.4 is 0 Å². The highest BCUT2D eigenvalue weighted by molar-refractivity contribution is 8.26. The molecule has 0 unspecified atom stereocenters. The van der Waals surface area contributed by atoms with Crippen molar-refractivity contribution in [2.45, 2.75) is 19.9 Å². The highest BCUT2D eigenvalue weighted by Gasteiger charge is 2.29. The smallest absolute Gasteiger partial charge is 0.265 e. The lowest BCUT2D eigenvalue weighted by atomic mass is 10.1. The number of hydrogen-bond acceptors (Lipinski definition) is 3. The maximum atomic E-state index is 13.3. The van der Waals surface area contributed by atoms with Gasteiger partial charge >= 0.3 is 0 Å². The van der Waals surface area contributed by atoms with Crippen molar-refractivity contribution in [2.75, 3.05) is 7.05 Å². The Balaban J connectivity index is 1.83. The average Bonchev–Trinajstić information content (AvgIpc) is 3.16. The lowest BCUT2D eigenvalue weighted by Crippen LogP contribution is -2.22. The summed E-state index contributed by atoms with van der Waals surface area (Å²) in [6, 6.07) is 12.8. The number of thioether (sulfide) groups is 1. The van der Waals surface area contributed by atoms with Gasteiger partial charge in [-0.05, 0) is 35.8 Å². The van der Waals surface area contributed by atoms with Gasteiger partial charge in [0.25, 0.3) is 5.91 Å². The molecule has 1 fully saturated rings. The van der Waals surface area contributed by atoms with E-state index in [4.69, 9.17) is 12.2 Å². The van der Waals surface area contributed by atoms with Crippen LogP contribution in [0.15, 0.2) is 53.6 Å². The van der Waals surface area contributed by atoms with Crippen molar-refractivity contribution in [1.82, 2.24) is 9.47 Å². The van der Waals surface area contributed by atoms with Crippen LogP contribution >= 0.6 is 24.0 Å². The molecule has 1 aromatic heterocycles. The predicted octanol–water partition coefficient (Wildman–Crippen LogP) is 5.22. The zero-order valence-electron chi connectivity index (χ0n) is 15.6. The van der Waals surface area contributed by atoms with Gasteiger partial charge in [0.05, 0.1) is 10.4 Å². The summed E-state index contributed by atoms with van der Waals surface area (Å²) in [6.07, 6.45) is 4.89. The number of thiocarbonyl (C=S) groups is 1. The Labute approximate surface area is 172 Å². The number of nitrogens with zero attached hydrogens (tertiary/aromatic N) is 2. The number of aryl methyl sites for hydroxylation is 1. The fourth-order valence-corrected chi connectivity index (χ4v) is 4.63. The van der Waals surface area contributed by atoms with Crippen molar-refractivity contribution in [3.05, 3.63) is 76.1 Å². The van der Waals surface area contributed by atoms with Crippen molar-refractivity contribution < 1.29 is 9.18 Å². The van der Waals surface area contributed by atoms with Crippen LogP contribution in [0.2, 0.25) is 0 Å². The zero-order valence-corrected chi connectivity index (χ0v) is 17.2. The van der Waals surface area contributed by atoms with Crippen molar-refractivity contribution in [3.8, 4) is 0 Å². The molecule has 2 heterocycles. The Kier molecular flexibility index (Phi) is 5.08. The quantitative estimate of drug-likeness (QED) is 0.435.